The van der Waals surface area contributed by atoms with Crippen molar-refractivity contribution in [3.63, 3.8) is 0 Å². The Balaban J connectivity index is 2.82. The summed E-state index contributed by atoms with van der Waals surface area (Å²) in [6.45, 7) is 7.50. The van der Waals surface area contributed by atoms with E-state index in [0.717, 1.165) is 31.4 Å². The minimum Gasteiger partial charge on any atom is -0.310 e. The summed E-state index contributed by atoms with van der Waals surface area (Å²) >= 11 is 5.73. The van der Waals surface area contributed by atoms with E-state index in [1.165, 1.54) is 0 Å². The van der Waals surface area contributed by atoms with Gasteiger partial charge in [0.15, 0.2) is 0 Å². The summed E-state index contributed by atoms with van der Waals surface area (Å²) in [6.07, 6.45) is 3.24. The largest absolute Gasteiger partial charge is 0.310 e. The van der Waals surface area contributed by atoms with E-state index in [0.29, 0.717) is 5.92 Å². The second-order valence-corrected chi connectivity index (χ2v) is 5.34. The molecular formula is C15H23ClFN. The van der Waals surface area contributed by atoms with Gasteiger partial charge in [0.1, 0.15) is 5.82 Å². The van der Waals surface area contributed by atoms with Crippen molar-refractivity contribution in [3.8, 4) is 0 Å². The first kappa shape index (κ1) is 15.5. The molecule has 0 aliphatic heterocycles. The van der Waals surface area contributed by atoms with Crippen LogP contribution in [0.15, 0.2) is 18.2 Å². The van der Waals surface area contributed by atoms with Gasteiger partial charge in [0.25, 0.3) is 0 Å². The molecule has 1 aromatic carbocycles. The Morgan fingerprint density at radius 2 is 2.06 bits per heavy atom. The highest BCUT2D eigenvalue weighted by atomic mass is 35.5. The van der Waals surface area contributed by atoms with E-state index < -0.39 is 0 Å². The summed E-state index contributed by atoms with van der Waals surface area (Å²) in [5.41, 5.74) is 0.991. The second-order valence-electron chi connectivity index (χ2n) is 4.93. The molecule has 0 saturated carbocycles. The zero-order chi connectivity index (χ0) is 13.5. The van der Waals surface area contributed by atoms with Crippen molar-refractivity contribution in [2.24, 2.45) is 5.92 Å². The Bertz CT molecular complexity index is 368. The zero-order valence-electron chi connectivity index (χ0n) is 11.5. The van der Waals surface area contributed by atoms with Crippen molar-refractivity contribution < 1.29 is 4.39 Å². The first-order valence-electron chi connectivity index (χ1n) is 6.76. The van der Waals surface area contributed by atoms with Crippen LogP contribution in [0.4, 0.5) is 4.39 Å². The number of nitrogens with one attached hydrogen (secondary N) is 1. The van der Waals surface area contributed by atoms with Gasteiger partial charge in [0, 0.05) is 6.04 Å². The Morgan fingerprint density at radius 3 is 2.61 bits per heavy atom. The first-order chi connectivity index (χ1) is 8.58. The number of rotatable bonds is 7. The van der Waals surface area contributed by atoms with Crippen LogP contribution in [0, 0.1) is 11.7 Å². The molecule has 0 amide bonds. The summed E-state index contributed by atoms with van der Waals surface area (Å²) in [7, 11) is 0. The van der Waals surface area contributed by atoms with Crippen LogP contribution in [0.5, 0.6) is 0 Å². The fraction of sp³-hybridized carbons (Fsp3) is 0.600. The van der Waals surface area contributed by atoms with E-state index in [1.807, 2.05) is 6.07 Å². The van der Waals surface area contributed by atoms with Gasteiger partial charge in [-0.2, -0.15) is 0 Å². The van der Waals surface area contributed by atoms with Crippen molar-refractivity contribution in [1.82, 2.24) is 5.32 Å². The molecule has 102 valence electrons. The summed E-state index contributed by atoms with van der Waals surface area (Å²) in [5.74, 6) is 0.291. The predicted octanol–water partition coefficient (Wildman–Crippen LogP) is 4.96. The van der Waals surface area contributed by atoms with E-state index in [4.69, 9.17) is 11.6 Å². The maximum Gasteiger partial charge on any atom is 0.142 e. The lowest BCUT2D eigenvalue weighted by molar-refractivity contribution is 0.401. The lowest BCUT2D eigenvalue weighted by Crippen LogP contribution is -2.24. The fourth-order valence-electron chi connectivity index (χ4n) is 1.95. The number of hydrogen-bond donors (Lipinski definition) is 1. The molecule has 1 nitrogen and oxygen atoms in total. The molecule has 1 aromatic rings. The van der Waals surface area contributed by atoms with Crippen LogP contribution in [0.2, 0.25) is 5.02 Å². The molecule has 0 heterocycles. The van der Waals surface area contributed by atoms with Gasteiger partial charge < -0.3 is 5.32 Å². The van der Waals surface area contributed by atoms with E-state index in [-0.39, 0.29) is 16.9 Å². The molecule has 2 unspecified atom stereocenters. The highest BCUT2D eigenvalue weighted by molar-refractivity contribution is 6.30. The van der Waals surface area contributed by atoms with Crippen LogP contribution in [0.3, 0.4) is 0 Å². The number of hydrogen-bond acceptors (Lipinski definition) is 1. The van der Waals surface area contributed by atoms with Crippen LogP contribution in [-0.4, -0.2) is 6.54 Å². The van der Waals surface area contributed by atoms with Crippen LogP contribution < -0.4 is 5.32 Å². The van der Waals surface area contributed by atoms with Crippen LogP contribution in [0.25, 0.3) is 0 Å². The summed E-state index contributed by atoms with van der Waals surface area (Å²) in [5, 5.41) is 3.68. The molecule has 0 aromatic heterocycles. The zero-order valence-corrected chi connectivity index (χ0v) is 12.2. The fourth-order valence-corrected chi connectivity index (χ4v) is 2.07. The maximum atomic E-state index is 13.5. The molecule has 0 fully saturated rings. The van der Waals surface area contributed by atoms with Crippen LogP contribution in [-0.2, 0) is 0 Å². The topological polar surface area (TPSA) is 12.0 Å². The van der Waals surface area contributed by atoms with Crippen molar-refractivity contribution >= 4 is 11.6 Å². The summed E-state index contributed by atoms with van der Waals surface area (Å²) in [6, 6.07) is 5.33. The Morgan fingerprint density at radius 1 is 1.33 bits per heavy atom. The van der Waals surface area contributed by atoms with Crippen molar-refractivity contribution in [2.75, 3.05) is 6.54 Å². The maximum absolute atomic E-state index is 13.5. The molecule has 0 spiro atoms. The Kier molecular flexibility index (Phi) is 6.66. The quantitative estimate of drug-likeness (QED) is 0.739. The molecule has 0 aliphatic rings. The molecule has 2 atom stereocenters. The van der Waals surface area contributed by atoms with Gasteiger partial charge in [0.05, 0.1) is 5.02 Å². The van der Waals surface area contributed by atoms with Gasteiger partial charge in [-0.3, -0.25) is 0 Å². The molecule has 0 bridgehead atoms. The van der Waals surface area contributed by atoms with Crippen molar-refractivity contribution in [1.29, 1.82) is 0 Å². The lowest BCUT2D eigenvalue weighted by atomic mass is 9.94. The lowest BCUT2D eigenvalue weighted by Gasteiger charge is -2.22. The van der Waals surface area contributed by atoms with E-state index in [9.17, 15) is 4.39 Å². The minimum atomic E-state index is -0.332. The molecule has 3 heteroatoms. The van der Waals surface area contributed by atoms with Gasteiger partial charge in [-0.25, -0.2) is 4.39 Å². The van der Waals surface area contributed by atoms with Gasteiger partial charge >= 0.3 is 0 Å². The predicted molar refractivity (Wildman–Crippen MR) is 76.5 cm³/mol. The summed E-state index contributed by atoms with van der Waals surface area (Å²) < 4.78 is 13.5. The highest BCUT2D eigenvalue weighted by Crippen LogP contribution is 2.26. The third kappa shape index (κ3) is 4.58. The molecule has 18 heavy (non-hydrogen) atoms. The molecule has 0 aliphatic carbocycles. The smallest absolute Gasteiger partial charge is 0.142 e. The Labute approximate surface area is 115 Å². The normalized spacial score (nSPS) is 14.5. The molecule has 1 rings (SSSR count). The third-order valence-corrected chi connectivity index (χ3v) is 3.63. The van der Waals surface area contributed by atoms with Crippen LogP contribution in [0.1, 0.15) is 51.6 Å². The first-order valence-corrected chi connectivity index (χ1v) is 7.14. The van der Waals surface area contributed by atoms with Gasteiger partial charge in [-0.1, -0.05) is 44.9 Å². The SMILES string of the molecule is CCCNC(CC(C)CC)c1ccc(Cl)c(F)c1. The highest BCUT2D eigenvalue weighted by Gasteiger charge is 2.15. The average molecular weight is 272 g/mol. The Hall–Kier alpha value is -0.600. The third-order valence-electron chi connectivity index (χ3n) is 3.32. The number of benzene rings is 1. The standard InChI is InChI=1S/C15H23ClFN/c1-4-8-18-15(9-11(3)5-2)12-6-7-13(16)14(17)10-12/h6-7,10-11,15,18H,4-5,8-9H2,1-3H3. The number of halogens is 2. The minimum absolute atomic E-state index is 0.191. The van der Waals surface area contributed by atoms with Gasteiger partial charge in [-0.15, -0.1) is 0 Å². The average Bonchev–Trinajstić information content (AvgIpc) is 2.37. The monoisotopic (exact) mass is 271 g/mol. The second kappa shape index (κ2) is 7.75. The van der Waals surface area contributed by atoms with Crippen molar-refractivity contribution in [3.05, 3.63) is 34.6 Å². The van der Waals surface area contributed by atoms with Crippen LogP contribution >= 0.6 is 11.6 Å². The van der Waals surface area contributed by atoms with Gasteiger partial charge in [0.2, 0.25) is 0 Å². The van der Waals surface area contributed by atoms with Crippen molar-refractivity contribution in [2.45, 2.75) is 46.1 Å². The van der Waals surface area contributed by atoms with E-state index in [1.54, 1.807) is 12.1 Å². The van der Waals surface area contributed by atoms with E-state index in [2.05, 4.69) is 26.1 Å². The molecule has 0 radical (unpaired) electrons. The van der Waals surface area contributed by atoms with Gasteiger partial charge in [-0.05, 0) is 43.0 Å². The molecule has 0 saturated heterocycles. The molecule has 1 N–H and O–H groups in total. The molecular weight excluding hydrogens is 249 g/mol. The summed E-state index contributed by atoms with van der Waals surface area (Å²) in [4.78, 5) is 0. The van der Waals surface area contributed by atoms with E-state index >= 15 is 0 Å².